The normalized spacial score (nSPS) is 28.4. The first-order valence-electron chi connectivity index (χ1n) is 6.29. The van der Waals surface area contributed by atoms with Crippen molar-refractivity contribution in [3.8, 4) is 0 Å². The first-order chi connectivity index (χ1) is 8.59. The molecule has 6 heteroatoms. The fourth-order valence-electron chi connectivity index (χ4n) is 3.13. The number of sulfonamides is 1. The first kappa shape index (κ1) is 11.9. The number of anilines is 1. The van der Waals surface area contributed by atoms with Crippen molar-refractivity contribution < 1.29 is 8.42 Å². The van der Waals surface area contributed by atoms with Gasteiger partial charge < -0.3 is 5.73 Å². The topological polar surface area (TPSA) is 76.3 Å². The smallest absolute Gasteiger partial charge is 0.262 e. The summed E-state index contributed by atoms with van der Waals surface area (Å²) in [6.07, 6.45) is 5.00. The van der Waals surface area contributed by atoms with Crippen LogP contribution in [0.5, 0.6) is 0 Å². The summed E-state index contributed by atoms with van der Waals surface area (Å²) < 4.78 is 26.5. The number of nitrogen functional groups attached to an aromatic ring is 1. The highest BCUT2D eigenvalue weighted by Gasteiger charge is 2.42. The molecule has 0 amide bonds. The first-order valence-corrected chi connectivity index (χ1v) is 7.73. The Labute approximate surface area is 107 Å². The number of hydrogen-bond donors (Lipinski definition) is 1. The van der Waals surface area contributed by atoms with E-state index < -0.39 is 10.0 Å². The summed E-state index contributed by atoms with van der Waals surface area (Å²) in [6, 6.07) is 3.23. The number of pyridine rings is 1. The van der Waals surface area contributed by atoms with E-state index in [0.717, 1.165) is 12.8 Å². The van der Waals surface area contributed by atoms with Crippen LogP contribution in [0.25, 0.3) is 0 Å². The Morgan fingerprint density at radius 3 is 2.56 bits per heavy atom. The third-order valence-electron chi connectivity index (χ3n) is 4.08. The van der Waals surface area contributed by atoms with Gasteiger partial charge in [0.2, 0.25) is 0 Å². The van der Waals surface area contributed by atoms with Crippen molar-refractivity contribution >= 4 is 15.7 Å². The van der Waals surface area contributed by atoms with Crippen molar-refractivity contribution in [3.05, 3.63) is 18.3 Å². The quantitative estimate of drug-likeness (QED) is 0.870. The molecule has 2 unspecified atom stereocenters. The van der Waals surface area contributed by atoms with Crippen LogP contribution >= 0.6 is 0 Å². The van der Waals surface area contributed by atoms with Crippen molar-refractivity contribution in [2.75, 3.05) is 18.8 Å². The molecule has 0 aromatic carbocycles. The van der Waals surface area contributed by atoms with Crippen molar-refractivity contribution in [1.82, 2.24) is 9.29 Å². The molecule has 1 aromatic rings. The van der Waals surface area contributed by atoms with E-state index in [-0.39, 0.29) is 10.7 Å². The van der Waals surface area contributed by atoms with E-state index in [1.54, 1.807) is 16.4 Å². The molecule has 1 saturated heterocycles. The molecular formula is C12H17N3O2S. The van der Waals surface area contributed by atoms with Gasteiger partial charge in [-0.2, -0.15) is 4.31 Å². The molecule has 2 heterocycles. The van der Waals surface area contributed by atoms with Gasteiger partial charge in [-0.15, -0.1) is 0 Å². The summed E-state index contributed by atoms with van der Waals surface area (Å²) in [5.74, 6) is 1.06. The zero-order chi connectivity index (χ0) is 12.8. The average Bonchev–Trinajstić information content (AvgIpc) is 2.89. The maximum atomic E-state index is 12.5. The highest BCUT2D eigenvalue weighted by molar-refractivity contribution is 7.89. The van der Waals surface area contributed by atoms with E-state index in [9.17, 15) is 8.42 Å². The standard InChI is InChI=1S/C12H17N3O2S/c13-11-5-2-6-14-12(11)18(16,17)15-7-9-3-1-4-10(9)8-15/h2,5-6,9-10H,1,3-4,7-8,13H2. The predicted octanol–water partition coefficient (Wildman–Crippen LogP) is 1.08. The minimum absolute atomic E-state index is 0.00461. The maximum absolute atomic E-state index is 12.5. The second-order valence-electron chi connectivity index (χ2n) is 5.17. The Hall–Kier alpha value is -1.14. The summed E-state index contributed by atoms with van der Waals surface area (Å²) in [5, 5.41) is 0.00461. The lowest BCUT2D eigenvalue weighted by atomic mass is 10.0. The van der Waals surface area contributed by atoms with E-state index >= 15 is 0 Å². The highest BCUT2D eigenvalue weighted by Crippen LogP contribution is 2.39. The molecule has 1 saturated carbocycles. The Bertz CT molecular complexity index is 546. The molecule has 18 heavy (non-hydrogen) atoms. The van der Waals surface area contributed by atoms with Crippen LogP contribution in [0.4, 0.5) is 5.69 Å². The molecule has 0 radical (unpaired) electrons. The van der Waals surface area contributed by atoms with Gasteiger partial charge >= 0.3 is 0 Å². The number of nitrogens with two attached hydrogens (primary N) is 1. The largest absolute Gasteiger partial charge is 0.396 e. The lowest BCUT2D eigenvalue weighted by Crippen LogP contribution is -2.30. The van der Waals surface area contributed by atoms with Gasteiger partial charge in [-0.1, -0.05) is 6.42 Å². The number of hydrogen-bond acceptors (Lipinski definition) is 4. The molecule has 0 bridgehead atoms. The fourth-order valence-corrected chi connectivity index (χ4v) is 4.71. The number of fused-ring (bicyclic) bond motifs is 1. The van der Waals surface area contributed by atoms with Gasteiger partial charge in [0.05, 0.1) is 5.69 Å². The molecule has 3 rings (SSSR count). The van der Waals surface area contributed by atoms with Gasteiger partial charge in [0.25, 0.3) is 10.0 Å². The molecule has 5 nitrogen and oxygen atoms in total. The predicted molar refractivity (Wildman–Crippen MR) is 68.2 cm³/mol. The van der Waals surface area contributed by atoms with Crippen LogP contribution in [0.3, 0.4) is 0 Å². The zero-order valence-electron chi connectivity index (χ0n) is 10.1. The van der Waals surface area contributed by atoms with Gasteiger partial charge in [0.1, 0.15) is 0 Å². The number of aromatic nitrogens is 1. The van der Waals surface area contributed by atoms with Gasteiger partial charge in [-0.3, -0.25) is 0 Å². The molecule has 2 fully saturated rings. The SMILES string of the molecule is Nc1cccnc1S(=O)(=O)N1CC2CCCC2C1. The summed E-state index contributed by atoms with van der Waals surface area (Å²) in [7, 11) is -3.51. The van der Waals surface area contributed by atoms with Crippen LogP contribution in [0, 0.1) is 11.8 Å². The molecule has 1 aromatic heterocycles. The van der Waals surface area contributed by atoms with Crippen molar-refractivity contribution in [3.63, 3.8) is 0 Å². The summed E-state index contributed by atoms with van der Waals surface area (Å²) in [4.78, 5) is 3.93. The lowest BCUT2D eigenvalue weighted by molar-refractivity contribution is 0.443. The van der Waals surface area contributed by atoms with E-state index in [0.29, 0.717) is 24.9 Å². The van der Waals surface area contributed by atoms with Crippen molar-refractivity contribution in [2.45, 2.75) is 24.3 Å². The Morgan fingerprint density at radius 2 is 1.94 bits per heavy atom. The van der Waals surface area contributed by atoms with Crippen LogP contribution in [0.15, 0.2) is 23.4 Å². The van der Waals surface area contributed by atoms with Crippen LogP contribution in [-0.2, 0) is 10.0 Å². The van der Waals surface area contributed by atoms with E-state index in [2.05, 4.69) is 4.98 Å². The summed E-state index contributed by atoms with van der Waals surface area (Å²) >= 11 is 0. The van der Waals surface area contributed by atoms with Gasteiger partial charge in [0.15, 0.2) is 5.03 Å². The Morgan fingerprint density at radius 1 is 1.28 bits per heavy atom. The highest BCUT2D eigenvalue weighted by atomic mass is 32.2. The van der Waals surface area contributed by atoms with Crippen LogP contribution in [-0.4, -0.2) is 30.8 Å². The van der Waals surface area contributed by atoms with Crippen LogP contribution < -0.4 is 5.73 Å². The van der Waals surface area contributed by atoms with E-state index in [4.69, 9.17) is 5.73 Å². The molecule has 2 atom stereocenters. The molecule has 1 aliphatic carbocycles. The summed E-state index contributed by atoms with van der Waals surface area (Å²) in [6.45, 7) is 1.26. The Balaban J connectivity index is 1.90. The number of rotatable bonds is 2. The molecule has 0 spiro atoms. The third kappa shape index (κ3) is 1.80. The molecule has 2 N–H and O–H groups in total. The second-order valence-corrected chi connectivity index (χ2v) is 7.02. The third-order valence-corrected chi connectivity index (χ3v) is 5.89. The number of nitrogens with zero attached hydrogens (tertiary/aromatic N) is 2. The minimum atomic E-state index is -3.51. The average molecular weight is 267 g/mol. The molecular weight excluding hydrogens is 250 g/mol. The van der Waals surface area contributed by atoms with Crippen LogP contribution in [0.1, 0.15) is 19.3 Å². The Kier molecular flexibility index (Phi) is 2.79. The van der Waals surface area contributed by atoms with E-state index in [1.807, 2.05) is 0 Å². The molecule has 98 valence electrons. The zero-order valence-corrected chi connectivity index (χ0v) is 10.9. The molecule has 1 aliphatic heterocycles. The minimum Gasteiger partial charge on any atom is -0.396 e. The summed E-state index contributed by atoms with van der Waals surface area (Å²) in [5.41, 5.74) is 5.95. The molecule has 2 aliphatic rings. The maximum Gasteiger partial charge on any atom is 0.262 e. The van der Waals surface area contributed by atoms with Gasteiger partial charge in [-0.25, -0.2) is 13.4 Å². The van der Waals surface area contributed by atoms with Crippen LogP contribution in [0.2, 0.25) is 0 Å². The van der Waals surface area contributed by atoms with E-state index in [1.165, 1.54) is 12.6 Å². The van der Waals surface area contributed by atoms with Gasteiger partial charge in [0, 0.05) is 19.3 Å². The fraction of sp³-hybridized carbons (Fsp3) is 0.583. The van der Waals surface area contributed by atoms with Crippen molar-refractivity contribution in [2.24, 2.45) is 11.8 Å². The monoisotopic (exact) mass is 267 g/mol. The van der Waals surface area contributed by atoms with Crippen molar-refractivity contribution in [1.29, 1.82) is 0 Å². The lowest BCUT2D eigenvalue weighted by Gasteiger charge is -2.17. The van der Waals surface area contributed by atoms with Gasteiger partial charge in [-0.05, 0) is 36.8 Å². The second kappa shape index (κ2) is 4.20.